The van der Waals surface area contributed by atoms with Crippen LogP contribution >= 0.6 is 0 Å². The maximum absolute atomic E-state index is 12.6. The molecular weight excluding hydrogens is 338 g/mol. The molecule has 0 radical (unpaired) electrons. The van der Waals surface area contributed by atoms with E-state index in [0.29, 0.717) is 19.7 Å². The number of benzene rings is 2. The average molecular weight is 359 g/mol. The number of aromatic nitrogens is 1. The van der Waals surface area contributed by atoms with Gasteiger partial charge < -0.3 is 14.5 Å². The maximum atomic E-state index is 12.6. The number of pyridine rings is 1. The van der Waals surface area contributed by atoms with Crippen LogP contribution in [0.3, 0.4) is 0 Å². The molecule has 0 saturated carbocycles. The summed E-state index contributed by atoms with van der Waals surface area (Å²) in [6.45, 7) is 2.35. The van der Waals surface area contributed by atoms with Crippen LogP contribution in [0.1, 0.15) is 5.56 Å². The Morgan fingerprint density at radius 2 is 1.59 bits per heavy atom. The summed E-state index contributed by atoms with van der Waals surface area (Å²) < 4.78 is 5.82. The number of carbonyl (C=O) groups is 1. The zero-order valence-electron chi connectivity index (χ0n) is 15.0. The van der Waals surface area contributed by atoms with E-state index in [4.69, 9.17) is 4.74 Å². The summed E-state index contributed by atoms with van der Waals surface area (Å²) in [5.41, 5.74) is 3.06. The molecular formula is C22H21N3O2. The first-order valence-electron chi connectivity index (χ1n) is 9.02. The highest BCUT2D eigenvalue weighted by atomic mass is 16.5. The zero-order chi connectivity index (χ0) is 18.5. The normalized spacial score (nSPS) is 14.3. The third-order valence-corrected chi connectivity index (χ3v) is 4.65. The van der Waals surface area contributed by atoms with Crippen molar-refractivity contribution in [1.29, 1.82) is 0 Å². The Morgan fingerprint density at radius 3 is 2.30 bits per heavy atom. The second-order valence-electron chi connectivity index (χ2n) is 6.44. The van der Waals surface area contributed by atoms with Crippen molar-refractivity contribution in [2.24, 2.45) is 0 Å². The number of rotatable bonds is 5. The fourth-order valence-corrected chi connectivity index (χ4v) is 3.18. The first kappa shape index (κ1) is 17.1. The number of hydrogen-bond acceptors (Lipinski definition) is 4. The van der Waals surface area contributed by atoms with Crippen LogP contribution in [0.25, 0.3) is 0 Å². The van der Waals surface area contributed by atoms with E-state index in [0.717, 1.165) is 29.2 Å². The van der Waals surface area contributed by atoms with E-state index in [1.54, 1.807) is 12.4 Å². The van der Waals surface area contributed by atoms with Crippen molar-refractivity contribution in [3.63, 3.8) is 0 Å². The van der Waals surface area contributed by atoms with Gasteiger partial charge in [-0.05, 0) is 42.0 Å². The first-order chi connectivity index (χ1) is 13.3. The standard InChI is InChI=1S/C22H21N3O2/c26-22-16-24(19-10-12-23-13-11-19)14-15-25(22)20-6-8-21(9-7-20)27-17-18-4-2-1-3-5-18/h1-13H,14-17H2. The Balaban J connectivity index is 1.37. The molecule has 5 nitrogen and oxygen atoms in total. The van der Waals surface area contributed by atoms with Crippen LogP contribution < -0.4 is 14.5 Å². The number of ether oxygens (including phenoxy) is 1. The van der Waals surface area contributed by atoms with Crippen LogP contribution in [0, 0.1) is 0 Å². The van der Waals surface area contributed by atoms with Crippen LogP contribution in [0.5, 0.6) is 5.75 Å². The molecule has 1 amide bonds. The van der Waals surface area contributed by atoms with Crippen molar-refractivity contribution in [2.75, 3.05) is 29.4 Å². The van der Waals surface area contributed by atoms with Gasteiger partial charge in [-0.1, -0.05) is 30.3 Å². The number of anilines is 2. The molecule has 1 aliphatic heterocycles. The van der Waals surface area contributed by atoms with E-state index in [9.17, 15) is 4.79 Å². The minimum Gasteiger partial charge on any atom is -0.489 e. The molecule has 1 aromatic heterocycles. The largest absolute Gasteiger partial charge is 0.489 e. The van der Waals surface area contributed by atoms with Crippen LogP contribution in [-0.4, -0.2) is 30.5 Å². The molecule has 1 saturated heterocycles. The monoisotopic (exact) mass is 359 g/mol. The number of hydrogen-bond donors (Lipinski definition) is 0. The predicted molar refractivity (Wildman–Crippen MR) is 106 cm³/mol. The van der Waals surface area contributed by atoms with Gasteiger partial charge in [0, 0.05) is 36.9 Å². The van der Waals surface area contributed by atoms with E-state index >= 15 is 0 Å². The summed E-state index contributed by atoms with van der Waals surface area (Å²) in [5.74, 6) is 0.890. The molecule has 2 aromatic carbocycles. The number of piperazine rings is 1. The minimum atomic E-state index is 0.0935. The smallest absolute Gasteiger partial charge is 0.246 e. The lowest BCUT2D eigenvalue weighted by molar-refractivity contribution is -0.117. The molecule has 1 fully saturated rings. The second-order valence-corrected chi connectivity index (χ2v) is 6.44. The molecule has 3 aromatic rings. The van der Waals surface area contributed by atoms with Gasteiger partial charge in [0.05, 0.1) is 6.54 Å². The van der Waals surface area contributed by atoms with Crippen molar-refractivity contribution in [2.45, 2.75) is 6.61 Å². The second kappa shape index (κ2) is 7.91. The molecule has 0 atom stereocenters. The summed E-state index contributed by atoms with van der Waals surface area (Å²) >= 11 is 0. The van der Waals surface area contributed by atoms with E-state index < -0.39 is 0 Å². The maximum Gasteiger partial charge on any atom is 0.246 e. The molecule has 0 bridgehead atoms. The molecule has 0 unspecified atom stereocenters. The Labute approximate surface area is 158 Å². The van der Waals surface area contributed by atoms with E-state index in [1.807, 2.05) is 71.6 Å². The van der Waals surface area contributed by atoms with Gasteiger partial charge in [0.1, 0.15) is 12.4 Å². The van der Waals surface area contributed by atoms with Crippen LogP contribution in [-0.2, 0) is 11.4 Å². The Morgan fingerprint density at radius 1 is 0.852 bits per heavy atom. The summed E-state index contributed by atoms with van der Waals surface area (Å²) in [7, 11) is 0. The van der Waals surface area contributed by atoms with Crippen LogP contribution in [0.2, 0.25) is 0 Å². The highest BCUT2D eigenvalue weighted by Crippen LogP contribution is 2.23. The van der Waals surface area contributed by atoms with E-state index in [2.05, 4.69) is 9.88 Å². The predicted octanol–water partition coefficient (Wildman–Crippen LogP) is 3.51. The van der Waals surface area contributed by atoms with Gasteiger partial charge in [0.15, 0.2) is 0 Å². The molecule has 136 valence electrons. The van der Waals surface area contributed by atoms with Crippen molar-refractivity contribution in [3.05, 3.63) is 84.7 Å². The lowest BCUT2D eigenvalue weighted by Crippen LogP contribution is -2.50. The molecule has 27 heavy (non-hydrogen) atoms. The third-order valence-electron chi connectivity index (χ3n) is 4.65. The summed E-state index contributed by atoms with van der Waals surface area (Å²) in [6, 6.07) is 21.7. The van der Waals surface area contributed by atoms with Crippen molar-refractivity contribution < 1.29 is 9.53 Å². The van der Waals surface area contributed by atoms with Crippen LogP contribution in [0.4, 0.5) is 11.4 Å². The summed E-state index contributed by atoms with van der Waals surface area (Å²) in [6.07, 6.45) is 3.50. The molecule has 0 N–H and O–H groups in total. The van der Waals surface area contributed by atoms with Crippen molar-refractivity contribution >= 4 is 17.3 Å². The van der Waals surface area contributed by atoms with E-state index in [1.165, 1.54) is 0 Å². The Kier molecular flexibility index (Phi) is 5.01. The minimum absolute atomic E-state index is 0.0935. The molecule has 1 aliphatic rings. The lowest BCUT2D eigenvalue weighted by atomic mass is 10.2. The Hall–Kier alpha value is -3.34. The third kappa shape index (κ3) is 4.08. The van der Waals surface area contributed by atoms with Gasteiger partial charge in [-0.25, -0.2) is 0 Å². The zero-order valence-corrected chi connectivity index (χ0v) is 15.0. The highest BCUT2D eigenvalue weighted by molar-refractivity contribution is 5.97. The van der Waals surface area contributed by atoms with Gasteiger partial charge in [-0.2, -0.15) is 0 Å². The fourth-order valence-electron chi connectivity index (χ4n) is 3.18. The number of carbonyl (C=O) groups excluding carboxylic acids is 1. The van der Waals surface area contributed by atoms with Crippen molar-refractivity contribution in [1.82, 2.24) is 4.98 Å². The average Bonchev–Trinajstić information content (AvgIpc) is 2.74. The van der Waals surface area contributed by atoms with Gasteiger partial charge in [-0.15, -0.1) is 0 Å². The fraction of sp³-hybridized carbons (Fsp3) is 0.182. The molecule has 4 rings (SSSR count). The van der Waals surface area contributed by atoms with Gasteiger partial charge >= 0.3 is 0 Å². The molecule has 5 heteroatoms. The summed E-state index contributed by atoms with van der Waals surface area (Å²) in [4.78, 5) is 20.6. The molecule has 0 spiro atoms. The first-order valence-corrected chi connectivity index (χ1v) is 9.02. The highest BCUT2D eigenvalue weighted by Gasteiger charge is 2.25. The SMILES string of the molecule is O=C1CN(c2ccncc2)CCN1c1ccc(OCc2ccccc2)cc1. The van der Waals surface area contributed by atoms with Gasteiger partial charge in [-0.3, -0.25) is 9.78 Å². The van der Waals surface area contributed by atoms with Gasteiger partial charge in [0.2, 0.25) is 5.91 Å². The topological polar surface area (TPSA) is 45.7 Å². The molecule has 0 aliphatic carbocycles. The number of nitrogens with zero attached hydrogens (tertiary/aromatic N) is 3. The Bertz CT molecular complexity index is 882. The lowest BCUT2D eigenvalue weighted by Gasteiger charge is -2.35. The quantitative estimate of drug-likeness (QED) is 0.699. The van der Waals surface area contributed by atoms with Crippen molar-refractivity contribution in [3.8, 4) is 5.75 Å². The van der Waals surface area contributed by atoms with Gasteiger partial charge in [0.25, 0.3) is 0 Å². The summed E-state index contributed by atoms with van der Waals surface area (Å²) in [5, 5.41) is 0. The molecule has 2 heterocycles. The van der Waals surface area contributed by atoms with E-state index in [-0.39, 0.29) is 5.91 Å². The van der Waals surface area contributed by atoms with Crippen LogP contribution in [0.15, 0.2) is 79.1 Å². The number of amides is 1.